The summed E-state index contributed by atoms with van der Waals surface area (Å²) in [6.45, 7) is 2.75. The van der Waals surface area contributed by atoms with Crippen molar-refractivity contribution in [2.45, 2.75) is 19.5 Å². The number of nitrogens with one attached hydrogen (secondary N) is 1. The lowest BCUT2D eigenvalue weighted by atomic mass is 10.2. The summed E-state index contributed by atoms with van der Waals surface area (Å²) in [5.74, 6) is 1.71. The van der Waals surface area contributed by atoms with Gasteiger partial charge in [-0.3, -0.25) is 4.98 Å². The zero-order valence-electron chi connectivity index (χ0n) is 13.3. The van der Waals surface area contributed by atoms with Crippen LogP contribution in [0.3, 0.4) is 0 Å². The SMILES string of the molecule is CC(NCc1ccc(-c2nc3ccccc3s2)o1)c1ccccn1. The van der Waals surface area contributed by atoms with E-state index >= 15 is 0 Å². The maximum absolute atomic E-state index is 5.95. The number of thiazole rings is 1. The van der Waals surface area contributed by atoms with Crippen LogP contribution in [0.15, 0.2) is 65.2 Å². The fourth-order valence-corrected chi connectivity index (χ4v) is 3.48. The Hall–Kier alpha value is -2.50. The summed E-state index contributed by atoms with van der Waals surface area (Å²) in [6.07, 6.45) is 1.81. The summed E-state index contributed by atoms with van der Waals surface area (Å²) in [4.78, 5) is 9.00. The van der Waals surface area contributed by atoms with E-state index in [1.807, 2.05) is 54.7 Å². The maximum atomic E-state index is 5.95. The molecular weight excluding hydrogens is 318 g/mol. The molecule has 0 amide bonds. The lowest BCUT2D eigenvalue weighted by molar-refractivity contribution is 0.465. The molecule has 3 aromatic heterocycles. The van der Waals surface area contributed by atoms with Crippen molar-refractivity contribution in [2.75, 3.05) is 0 Å². The summed E-state index contributed by atoms with van der Waals surface area (Å²) in [5, 5.41) is 4.35. The molecule has 5 heteroatoms. The molecule has 4 nitrogen and oxygen atoms in total. The van der Waals surface area contributed by atoms with Gasteiger partial charge in [0.15, 0.2) is 10.8 Å². The lowest BCUT2D eigenvalue weighted by Crippen LogP contribution is -2.18. The highest BCUT2D eigenvalue weighted by Gasteiger charge is 2.11. The van der Waals surface area contributed by atoms with Gasteiger partial charge in [0.05, 0.1) is 22.5 Å². The Morgan fingerprint density at radius 1 is 1.08 bits per heavy atom. The highest BCUT2D eigenvalue weighted by atomic mass is 32.1. The molecule has 0 radical (unpaired) electrons. The van der Waals surface area contributed by atoms with E-state index in [-0.39, 0.29) is 6.04 Å². The average molecular weight is 335 g/mol. The molecule has 0 aliphatic rings. The number of fused-ring (bicyclic) bond motifs is 1. The fourth-order valence-electron chi connectivity index (χ4n) is 2.56. The summed E-state index contributed by atoms with van der Waals surface area (Å²) in [6, 6.07) is 18.2. The Morgan fingerprint density at radius 3 is 2.79 bits per heavy atom. The van der Waals surface area contributed by atoms with Gasteiger partial charge in [-0.15, -0.1) is 11.3 Å². The zero-order chi connectivity index (χ0) is 16.4. The van der Waals surface area contributed by atoms with Crippen molar-refractivity contribution in [3.63, 3.8) is 0 Å². The Labute approximate surface area is 144 Å². The number of para-hydroxylation sites is 1. The van der Waals surface area contributed by atoms with Crippen molar-refractivity contribution >= 4 is 21.6 Å². The molecule has 1 atom stereocenters. The number of nitrogens with zero attached hydrogens (tertiary/aromatic N) is 2. The van der Waals surface area contributed by atoms with Gasteiger partial charge >= 0.3 is 0 Å². The van der Waals surface area contributed by atoms with Gasteiger partial charge in [-0.1, -0.05) is 18.2 Å². The quantitative estimate of drug-likeness (QED) is 0.569. The normalized spacial score (nSPS) is 12.5. The third-order valence-corrected chi connectivity index (χ3v) is 4.93. The number of rotatable bonds is 5. The molecule has 1 aromatic carbocycles. The van der Waals surface area contributed by atoms with E-state index in [0.717, 1.165) is 27.7 Å². The van der Waals surface area contributed by atoms with E-state index < -0.39 is 0 Å². The first kappa shape index (κ1) is 15.1. The van der Waals surface area contributed by atoms with Gasteiger partial charge in [0.25, 0.3) is 0 Å². The summed E-state index contributed by atoms with van der Waals surface area (Å²) < 4.78 is 7.12. The van der Waals surface area contributed by atoms with E-state index in [1.54, 1.807) is 11.3 Å². The second-order valence-electron chi connectivity index (χ2n) is 5.61. The van der Waals surface area contributed by atoms with Crippen molar-refractivity contribution < 1.29 is 4.42 Å². The molecule has 24 heavy (non-hydrogen) atoms. The zero-order valence-corrected chi connectivity index (χ0v) is 14.1. The molecule has 4 rings (SSSR count). The average Bonchev–Trinajstić information content (AvgIpc) is 3.27. The number of hydrogen-bond donors (Lipinski definition) is 1. The number of benzene rings is 1. The number of pyridine rings is 1. The van der Waals surface area contributed by atoms with E-state index in [4.69, 9.17) is 4.42 Å². The number of furan rings is 1. The molecule has 1 N–H and O–H groups in total. The monoisotopic (exact) mass is 335 g/mol. The van der Waals surface area contributed by atoms with Crippen LogP contribution in [0.2, 0.25) is 0 Å². The topological polar surface area (TPSA) is 51.0 Å². The standard InChI is InChI=1S/C19H17N3OS/c1-13(15-6-4-5-11-20-15)21-12-14-9-10-17(23-14)19-22-16-7-2-3-8-18(16)24-19/h2-11,13,21H,12H2,1H3. The van der Waals surface area contributed by atoms with Crippen LogP contribution < -0.4 is 5.32 Å². The molecule has 0 aliphatic heterocycles. The minimum atomic E-state index is 0.169. The van der Waals surface area contributed by atoms with E-state index in [0.29, 0.717) is 6.54 Å². The highest BCUT2D eigenvalue weighted by Crippen LogP contribution is 2.31. The number of aromatic nitrogens is 2. The Morgan fingerprint density at radius 2 is 1.96 bits per heavy atom. The van der Waals surface area contributed by atoms with Gasteiger partial charge in [0.1, 0.15) is 5.76 Å². The second-order valence-corrected chi connectivity index (χ2v) is 6.64. The van der Waals surface area contributed by atoms with Crippen LogP contribution in [0.4, 0.5) is 0 Å². The molecular formula is C19H17N3OS. The van der Waals surface area contributed by atoms with Gasteiger partial charge < -0.3 is 9.73 Å². The molecule has 3 heterocycles. The summed E-state index contributed by atoms with van der Waals surface area (Å²) in [5.41, 5.74) is 2.04. The molecule has 0 spiro atoms. The third kappa shape index (κ3) is 3.09. The van der Waals surface area contributed by atoms with Gasteiger partial charge in [-0.05, 0) is 43.3 Å². The predicted octanol–water partition coefficient (Wildman–Crippen LogP) is 4.80. The largest absolute Gasteiger partial charge is 0.457 e. The molecule has 0 fully saturated rings. The third-order valence-electron chi connectivity index (χ3n) is 3.88. The summed E-state index contributed by atoms with van der Waals surface area (Å²) in [7, 11) is 0. The first-order chi connectivity index (χ1) is 11.8. The minimum Gasteiger partial charge on any atom is -0.457 e. The van der Waals surface area contributed by atoms with Crippen molar-refractivity contribution in [3.05, 3.63) is 72.2 Å². The first-order valence-corrected chi connectivity index (χ1v) is 8.70. The molecule has 0 saturated heterocycles. The van der Waals surface area contributed by atoms with Gasteiger partial charge in [-0.25, -0.2) is 4.98 Å². The van der Waals surface area contributed by atoms with Gasteiger partial charge in [0.2, 0.25) is 0 Å². The Bertz CT molecular complexity index is 912. The van der Waals surface area contributed by atoms with Crippen LogP contribution in [0.25, 0.3) is 21.0 Å². The van der Waals surface area contributed by atoms with Crippen LogP contribution >= 0.6 is 11.3 Å². The maximum Gasteiger partial charge on any atom is 0.163 e. The lowest BCUT2D eigenvalue weighted by Gasteiger charge is -2.11. The van der Waals surface area contributed by atoms with E-state index in [2.05, 4.69) is 28.3 Å². The molecule has 1 unspecified atom stereocenters. The van der Waals surface area contributed by atoms with Crippen LogP contribution in [0.1, 0.15) is 24.4 Å². The van der Waals surface area contributed by atoms with Crippen molar-refractivity contribution in [1.82, 2.24) is 15.3 Å². The van der Waals surface area contributed by atoms with E-state index in [1.165, 1.54) is 4.70 Å². The van der Waals surface area contributed by atoms with Crippen LogP contribution in [0.5, 0.6) is 0 Å². The molecule has 4 aromatic rings. The minimum absolute atomic E-state index is 0.169. The molecule has 0 aliphatic carbocycles. The fraction of sp³-hybridized carbons (Fsp3) is 0.158. The van der Waals surface area contributed by atoms with E-state index in [9.17, 15) is 0 Å². The van der Waals surface area contributed by atoms with Crippen molar-refractivity contribution in [2.24, 2.45) is 0 Å². The smallest absolute Gasteiger partial charge is 0.163 e. The Balaban J connectivity index is 1.47. The number of hydrogen-bond acceptors (Lipinski definition) is 5. The second kappa shape index (κ2) is 6.55. The predicted molar refractivity (Wildman–Crippen MR) is 96.8 cm³/mol. The van der Waals surface area contributed by atoms with Gasteiger partial charge in [-0.2, -0.15) is 0 Å². The van der Waals surface area contributed by atoms with Crippen molar-refractivity contribution in [1.29, 1.82) is 0 Å². The molecule has 120 valence electrons. The van der Waals surface area contributed by atoms with Gasteiger partial charge in [0, 0.05) is 12.2 Å². The van der Waals surface area contributed by atoms with Crippen LogP contribution in [-0.2, 0) is 6.54 Å². The Kier molecular flexibility index (Phi) is 4.11. The summed E-state index contributed by atoms with van der Waals surface area (Å²) >= 11 is 1.65. The van der Waals surface area contributed by atoms with Crippen LogP contribution in [0, 0.1) is 0 Å². The van der Waals surface area contributed by atoms with Crippen LogP contribution in [-0.4, -0.2) is 9.97 Å². The molecule has 0 saturated carbocycles. The first-order valence-electron chi connectivity index (χ1n) is 7.88. The molecule has 0 bridgehead atoms. The van der Waals surface area contributed by atoms with Crippen molar-refractivity contribution in [3.8, 4) is 10.8 Å². The highest BCUT2D eigenvalue weighted by molar-refractivity contribution is 7.21.